The molecule has 1 aliphatic rings. The van der Waals surface area contributed by atoms with Gasteiger partial charge in [-0.3, -0.25) is 4.79 Å². The summed E-state index contributed by atoms with van der Waals surface area (Å²) in [5, 5.41) is 2.81. The molecule has 68 valence electrons. The van der Waals surface area contributed by atoms with Crippen LogP contribution in [0.3, 0.4) is 0 Å². The summed E-state index contributed by atoms with van der Waals surface area (Å²) in [6.07, 6.45) is 0.878. The van der Waals surface area contributed by atoms with Crippen molar-refractivity contribution in [3.05, 3.63) is 35.9 Å². The first-order valence-corrected chi connectivity index (χ1v) is 4.63. The van der Waals surface area contributed by atoms with Crippen molar-refractivity contribution in [3.8, 4) is 0 Å². The van der Waals surface area contributed by atoms with Gasteiger partial charge >= 0.3 is 0 Å². The second-order valence-electron chi connectivity index (χ2n) is 3.48. The fourth-order valence-corrected chi connectivity index (χ4v) is 1.85. The van der Waals surface area contributed by atoms with Crippen molar-refractivity contribution in [1.82, 2.24) is 5.32 Å². The van der Waals surface area contributed by atoms with E-state index in [1.165, 1.54) is 0 Å². The molecule has 0 spiro atoms. The monoisotopic (exact) mass is 175 g/mol. The molecule has 0 aromatic heterocycles. The summed E-state index contributed by atoms with van der Waals surface area (Å²) in [5.41, 5.74) is 0.905. The van der Waals surface area contributed by atoms with Gasteiger partial charge in [-0.2, -0.15) is 0 Å². The first-order valence-electron chi connectivity index (χ1n) is 4.63. The van der Waals surface area contributed by atoms with Crippen LogP contribution in [0.2, 0.25) is 0 Å². The molecule has 2 heteroatoms. The van der Waals surface area contributed by atoms with Crippen molar-refractivity contribution in [2.75, 3.05) is 6.54 Å². The zero-order valence-electron chi connectivity index (χ0n) is 7.71. The number of benzene rings is 1. The Hall–Kier alpha value is -1.31. The SMILES string of the molecule is CC[C@]1(c2ccccc2)CNC1=O. The summed E-state index contributed by atoms with van der Waals surface area (Å²) in [4.78, 5) is 11.5. The van der Waals surface area contributed by atoms with Crippen LogP contribution in [0.4, 0.5) is 0 Å². The van der Waals surface area contributed by atoms with E-state index in [0.29, 0.717) is 0 Å². The number of nitrogens with one attached hydrogen (secondary N) is 1. The van der Waals surface area contributed by atoms with Gasteiger partial charge in [-0.25, -0.2) is 0 Å². The minimum Gasteiger partial charge on any atom is -0.354 e. The zero-order valence-corrected chi connectivity index (χ0v) is 7.71. The van der Waals surface area contributed by atoms with Gasteiger partial charge in [-0.15, -0.1) is 0 Å². The fourth-order valence-electron chi connectivity index (χ4n) is 1.85. The second kappa shape index (κ2) is 2.87. The zero-order chi connectivity index (χ0) is 9.31. The van der Waals surface area contributed by atoms with Crippen molar-refractivity contribution in [2.24, 2.45) is 0 Å². The van der Waals surface area contributed by atoms with E-state index in [-0.39, 0.29) is 11.3 Å². The fraction of sp³-hybridized carbons (Fsp3) is 0.364. The van der Waals surface area contributed by atoms with E-state index in [1.54, 1.807) is 0 Å². The Labute approximate surface area is 78.0 Å². The predicted molar refractivity (Wildman–Crippen MR) is 51.4 cm³/mol. The third kappa shape index (κ3) is 1.05. The van der Waals surface area contributed by atoms with Gasteiger partial charge in [0.2, 0.25) is 5.91 Å². The maximum absolute atomic E-state index is 11.5. The molecule has 1 aliphatic heterocycles. The van der Waals surface area contributed by atoms with Crippen LogP contribution < -0.4 is 5.32 Å². The highest BCUT2D eigenvalue weighted by molar-refractivity contribution is 5.94. The molecule has 2 nitrogen and oxygen atoms in total. The Morgan fingerprint density at radius 3 is 2.46 bits per heavy atom. The number of carbonyl (C=O) groups excluding carboxylic acids is 1. The Morgan fingerprint density at radius 2 is 2.08 bits per heavy atom. The lowest BCUT2D eigenvalue weighted by molar-refractivity contribution is -0.133. The number of carbonyl (C=O) groups is 1. The third-order valence-electron chi connectivity index (χ3n) is 2.92. The molecule has 1 N–H and O–H groups in total. The normalized spacial score (nSPS) is 26.4. The van der Waals surface area contributed by atoms with Crippen LogP contribution in [-0.2, 0) is 10.2 Å². The lowest BCUT2D eigenvalue weighted by Gasteiger charge is -2.40. The van der Waals surface area contributed by atoms with Crippen LogP contribution >= 0.6 is 0 Å². The number of hydrogen-bond donors (Lipinski definition) is 1. The third-order valence-corrected chi connectivity index (χ3v) is 2.92. The molecule has 2 rings (SSSR count). The van der Waals surface area contributed by atoms with E-state index in [1.807, 2.05) is 30.3 Å². The second-order valence-corrected chi connectivity index (χ2v) is 3.48. The molecule has 13 heavy (non-hydrogen) atoms. The highest BCUT2D eigenvalue weighted by Gasteiger charge is 2.45. The maximum Gasteiger partial charge on any atom is 0.232 e. The average Bonchev–Trinajstić information content (AvgIpc) is 2.19. The van der Waals surface area contributed by atoms with E-state index in [0.717, 1.165) is 18.5 Å². The van der Waals surface area contributed by atoms with E-state index < -0.39 is 0 Å². The van der Waals surface area contributed by atoms with Crippen molar-refractivity contribution >= 4 is 5.91 Å². The lowest BCUT2D eigenvalue weighted by Crippen LogP contribution is -2.61. The molecule has 0 unspecified atom stereocenters. The van der Waals surface area contributed by atoms with E-state index in [9.17, 15) is 4.79 Å². The van der Waals surface area contributed by atoms with Gasteiger partial charge in [0, 0.05) is 6.54 Å². The number of rotatable bonds is 2. The molecule has 1 atom stereocenters. The molecule has 0 radical (unpaired) electrons. The van der Waals surface area contributed by atoms with Gasteiger partial charge in [0.1, 0.15) is 0 Å². The quantitative estimate of drug-likeness (QED) is 0.677. The van der Waals surface area contributed by atoms with Crippen molar-refractivity contribution in [2.45, 2.75) is 18.8 Å². The van der Waals surface area contributed by atoms with Crippen LogP contribution in [0.5, 0.6) is 0 Å². The minimum atomic E-state index is -0.235. The summed E-state index contributed by atoms with van der Waals surface area (Å²) < 4.78 is 0. The molecule has 1 aromatic rings. The molecule has 1 fully saturated rings. The van der Waals surface area contributed by atoms with E-state index >= 15 is 0 Å². The van der Waals surface area contributed by atoms with Crippen LogP contribution in [-0.4, -0.2) is 12.5 Å². The molecule has 0 bridgehead atoms. The Bertz CT molecular complexity index is 316. The minimum absolute atomic E-state index is 0.168. The molecule has 1 heterocycles. The largest absolute Gasteiger partial charge is 0.354 e. The molecular formula is C11H13NO. The number of hydrogen-bond acceptors (Lipinski definition) is 1. The summed E-state index contributed by atoms with van der Waals surface area (Å²) >= 11 is 0. The van der Waals surface area contributed by atoms with Gasteiger partial charge in [0.05, 0.1) is 5.41 Å². The summed E-state index contributed by atoms with van der Waals surface area (Å²) in [6, 6.07) is 10.0. The Balaban J connectivity index is 2.38. The lowest BCUT2D eigenvalue weighted by atomic mass is 9.72. The summed E-state index contributed by atoms with van der Waals surface area (Å²) in [6.45, 7) is 2.85. The van der Waals surface area contributed by atoms with Crippen molar-refractivity contribution < 1.29 is 4.79 Å². The smallest absolute Gasteiger partial charge is 0.232 e. The average molecular weight is 175 g/mol. The standard InChI is InChI=1S/C11H13NO/c1-2-11(8-12-10(11)13)9-6-4-3-5-7-9/h3-7H,2,8H2,1H3,(H,12,13)/t11-/m1/s1. The van der Waals surface area contributed by atoms with Gasteiger partial charge < -0.3 is 5.32 Å². The van der Waals surface area contributed by atoms with Crippen LogP contribution in [0.1, 0.15) is 18.9 Å². The van der Waals surface area contributed by atoms with E-state index in [2.05, 4.69) is 12.2 Å². The van der Waals surface area contributed by atoms with Gasteiger partial charge in [-0.05, 0) is 12.0 Å². The molecule has 1 amide bonds. The Morgan fingerprint density at radius 1 is 1.38 bits per heavy atom. The highest BCUT2D eigenvalue weighted by atomic mass is 16.2. The van der Waals surface area contributed by atoms with Crippen molar-refractivity contribution in [1.29, 1.82) is 0 Å². The number of amides is 1. The first kappa shape index (κ1) is 8.30. The van der Waals surface area contributed by atoms with Gasteiger partial charge in [-0.1, -0.05) is 37.3 Å². The maximum atomic E-state index is 11.5. The topological polar surface area (TPSA) is 29.1 Å². The van der Waals surface area contributed by atoms with E-state index in [4.69, 9.17) is 0 Å². The Kier molecular flexibility index (Phi) is 1.83. The highest BCUT2D eigenvalue weighted by Crippen LogP contribution is 2.32. The molecule has 1 saturated heterocycles. The van der Waals surface area contributed by atoms with Crippen LogP contribution in [0.15, 0.2) is 30.3 Å². The van der Waals surface area contributed by atoms with Gasteiger partial charge in [0.25, 0.3) is 0 Å². The number of β-lactam (4-membered cyclic amide) rings is 1. The molecule has 0 saturated carbocycles. The molecule has 0 aliphatic carbocycles. The van der Waals surface area contributed by atoms with Crippen LogP contribution in [0.25, 0.3) is 0 Å². The molecular weight excluding hydrogens is 162 g/mol. The molecule has 1 aromatic carbocycles. The van der Waals surface area contributed by atoms with Crippen LogP contribution in [0, 0.1) is 0 Å². The van der Waals surface area contributed by atoms with Crippen molar-refractivity contribution in [3.63, 3.8) is 0 Å². The summed E-state index contributed by atoms with van der Waals surface area (Å²) in [7, 11) is 0. The predicted octanol–water partition coefficient (Wildman–Crippen LogP) is 1.46. The van der Waals surface area contributed by atoms with Gasteiger partial charge in [0.15, 0.2) is 0 Å². The summed E-state index contributed by atoms with van der Waals surface area (Å²) in [5.74, 6) is 0.168. The first-order chi connectivity index (χ1) is 6.29.